The second kappa shape index (κ2) is 7.51. The minimum absolute atomic E-state index is 0.0125. The lowest BCUT2D eigenvalue weighted by Gasteiger charge is -2.14. The molecule has 138 valence electrons. The number of benzene rings is 1. The molecule has 0 unspecified atom stereocenters. The number of nitrogens with zero attached hydrogens (tertiary/aromatic N) is 2. The maximum Gasteiger partial charge on any atom is 0.419 e. The van der Waals surface area contributed by atoms with Crippen molar-refractivity contribution in [3.63, 3.8) is 0 Å². The van der Waals surface area contributed by atoms with Gasteiger partial charge in [0.1, 0.15) is 5.82 Å². The molecule has 10 heteroatoms. The van der Waals surface area contributed by atoms with Crippen LogP contribution in [0, 0.1) is 11.3 Å². The van der Waals surface area contributed by atoms with Crippen LogP contribution in [0.4, 0.5) is 37.8 Å². The molecule has 26 heavy (non-hydrogen) atoms. The van der Waals surface area contributed by atoms with Gasteiger partial charge in [0.15, 0.2) is 0 Å². The quantitative estimate of drug-likeness (QED) is 0.597. The van der Waals surface area contributed by atoms with Crippen LogP contribution in [-0.4, -0.2) is 18.1 Å². The average molecular weight is 374 g/mol. The van der Waals surface area contributed by atoms with Gasteiger partial charge in [0.25, 0.3) is 0 Å². The topological polar surface area (TPSA) is 60.7 Å². The van der Waals surface area contributed by atoms with Crippen LogP contribution < -0.4 is 10.6 Å². The molecule has 2 N–H and O–H groups in total. The average Bonchev–Trinajstić information content (AvgIpc) is 2.57. The summed E-state index contributed by atoms with van der Waals surface area (Å²) < 4.78 is 77.1. The highest BCUT2D eigenvalue weighted by molar-refractivity contribution is 5.53. The van der Waals surface area contributed by atoms with Crippen LogP contribution in [0.3, 0.4) is 0 Å². The van der Waals surface area contributed by atoms with Gasteiger partial charge in [0, 0.05) is 25.0 Å². The molecule has 0 bridgehead atoms. The molecule has 0 aliphatic rings. The monoisotopic (exact) mass is 374 g/mol. The van der Waals surface area contributed by atoms with Crippen LogP contribution >= 0.6 is 0 Å². The summed E-state index contributed by atoms with van der Waals surface area (Å²) in [5.74, 6) is -0.363. The number of hydrogen-bond acceptors (Lipinski definition) is 4. The van der Waals surface area contributed by atoms with Crippen molar-refractivity contribution >= 4 is 11.5 Å². The number of hydrogen-bond donors (Lipinski definition) is 2. The zero-order chi connectivity index (χ0) is 19.4. The van der Waals surface area contributed by atoms with Gasteiger partial charge in [-0.1, -0.05) is 0 Å². The Bertz CT molecular complexity index is 808. The van der Waals surface area contributed by atoms with Crippen LogP contribution in [0.1, 0.15) is 16.7 Å². The standard InChI is InChI=1S/C16H12F6N4/c17-15(18,19)12-2-1-5-25-14(12)26-7-6-24-11-4-3-10(9-23)13(8-11)16(20,21)22/h1-5,8,24H,6-7H2,(H,25,26). The molecule has 0 saturated heterocycles. The van der Waals surface area contributed by atoms with E-state index in [1.165, 1.54) is 18.3 Å². The normalized spacial score (nSPS) is 11.7. The van der Waals surface area contributed by atoms with Crippen LogP contribution in [0.5, 0.6) is 0 Å². The molecule has 0 aliphatic heterocycles. The first-order valence-corrected chi connectivity index (χ1v) is 7.24. The number of halogens is 6. The van der Waals surface area contributed by atoms with E-state index >= 15 is 0 Å². The SMILES string of the molecule is N#Cc1ccc(NCCNc2ncccc2C(F)(F)F)cc1C(F)(F)F. The van der Waals surface area contributed by atoms with Crippen molar-refractivity contribution in [3.05, 3.63) is 53.2 Å². The number of rotatable bonds is 5. The lowest BCUT2D eigenvalue weighted by Crippen LogP contribution is -2.18. The number of pyridine rings is 1. The van der Waals surface area contributed by atoms with E-state index in [0.29, 0.717) is 0 Å². The zero-order valence-corrected chi connectivity index (χ0v) is 13.0. The first kappa shape index (κ1) is 19.4. The fourth-order valence-corrected chi connectivity index (χ4v) is 2.15. The van der Waals surface area contributed by atoms with E-state index in [9.17, 15) is 26.3 Å². The van der Waals surface area contributed by atoms with Crippen molar-refractivity contribution in [2.24, 2.45) is 0 Å². The van der Waals surface area contributed by atoms with Crippen molar-refractivity contribution in [1.29, 1.82) is 5.26 Å². The van der Waals surface area contributed by atoms with Crippen molar-refractivity contribution < 1.29 is 26.3 Å². The second-order valence-corrected chi connectivity index (χ2v) is 5.12. The molecule has 0 amide bonds. The van der Waals surface area contributed by atoms with Gasteiger partial charge >= 0.3 is 12.4 Å². The van der Waals surface area contributed by atoms with Crippen molar-refractivity contribution in [1.82, 2.24) is 4.98 Å². The zero-order valence-electron chi connectivity index (χ0n) is 13.0. The summed E-state index contributed by atoms with van der Waals surface area (Å²) in [6.07, 6.45) is -8.06. The van der Waals surface area contributed by atoms with Gasteiger partial charge in [-0.2, -0.15) is 31.6 Å². The molecule has 0 spiro atoms. The van der Waals surface area contributed by atoms with Crippen molar-refractivity contribution in [3.8, 4) is 6.07 Å². The Balaban J connectivity index is 2.01. The van der Waals surface area contributed by atoms with Gasteiger partial charge in [-0.25, -0.2) is 4.98 Å². The van der Waals surface area contributed by atoms with Crippen LogP contribution in [0.25, 0.3) is 0 Å². The van der Waals surface area contributed by atoms with E-state index in [1.54, 1.807) is 0 Å². The number of nitrogens with one attached hydrogen (secondary N) is 2. The van der Waals surface area contributed by atoms with E-state index < -0.39 is 29.0 Å². The fraction of sp³-hybridized carbons (Fsp3) is 0.250. The lowest BCUT2D eigenvalue weighted by molar-refractivity contribution is -0.138. The van der Waals surface area contributed by atoms with Crippen molar-refractivity contribution in [2.45, 2.75) is 12.4 Å². The molecule has 2 aromatic rings. The molecular formula is C16H12F6N4. The molecular weight excluding hydrogens is 362 g/mol. The molecule has 1 aromatic carbocycles. The first-order valence-electron chi connectivity index (χ1n) is 7.24. The summed E-state index contributed by atoms with van der Waals surface area (Å²) in [7, 11) is 0. The van der Waals surface area contributed by atoms with Gasteiger partial charge in [-0.05, 0) is 30.3 Å². The number of alkyl halides is 6. The summed E-state index contributed by atoms with van der Waals surface area (Å²) in [6, 6.07) is 6.58. The van der Waals surface area contributed by atoms with E-state index in [0.717, 1.165) is 24.3 Å². The summed E-state index contributed by atoms with van der Waals surface area (Å²) >= 11 is 0. The third-order valence-electron chi connectivity index (χ3n) is 3.31. The largest absolute Gasteiger partial charge is 0.419 e. The Labute approximate surface area is 144 Å². The first-order chi connectivity index (χ1) is 12.1. The Morgan fingerprint density at radius 2 is 1.58 bits per heavy atom. The summed E-state index contributed by atoms with van der Waals surface area (Å²) in [5.41, 5.74) is -2.43. The van der Waals surface area contributed by atoms with Crippen LogP contribution in [0.2, 0.25) is 0 Å². The summed E-state index contributed by atoms with van der Waals surface area (Å²) in [6.45, 7) is 0.0263. The van der Waals surface area contributed by atoms with E-state index in [2.05, 4.69) is 15.6 Å². The maximum absolute atomic E-state index is 12.9. The number of nitriles is 1. The van der Waals surface area contributed by atoms with Crippen LogP contribution in [0.15, 0.2) is 36.5 Å². The number of aromatic nitrogens is 1. The Morgan fingerprint density at radius 3 is 2.19 bits per heavy atom. The predicted molar refractivity (Wildman–Crippen MR) is 82.4 cm³/mol. The number of anilines is 2. The van der Waals surface area contributed by atoms with Gasteiger partial charge in [-0.15, -0.1) is 0 Å². The minimum atomic E-state index is -4.68. The van der Waals surface area contributed by atoms with Gasteiger partial charge in [-0.3, -0.25) is 0 Å². The second-order valence-electron chi connectivity index (χ2n) is 5.12. The third kappa shape index (κ3) is 4.78. The Morgan fingerprint density at radius 1 is 0.923 bits per heavy atom. The Hall–Kier alpha value is -2.96. The molecule has 0 fully saturated rings. The molecule has 1 heterocycles. The molecule has 2 rings (SSSR count). The minimum Gasteiger partial charge on any atom is -0.383 e. The van der Waals surface area contributed by atoms with E-state index in [1.807, 2.05) is 0 Å². The molecule has 0 radical (unpaired) electrons. The summed E-state index contributed by atoms with van der Waals surface area (Å²) in [4.78, 5) is 3.62. The maximum atomic E-state index is 12.9. The molecule has 0 saturated carbocycles. The van der Waals surface area contributed by atoms with E-state index in [-0.39, 0.29) is 24.6 Å². The van der Waals surface area contributed by atoms with Gasteiger partial charge in [0.2, 0.25) is 0 Å². The Kier molecular flexibility index (Phi) is 5.59. The van der Waals surface area contributed by atoms with Crippen LogP contribution in [-0.2, 0) is 12.4 Å². The van der Waals surface area contributed by atoms with Gasteiger partial charge in [0.05, 0.1) is 22.8 Å². The highest BCUT2D eigenvalue weighted by atomic mass is 19.4. The van der Waals surface area contributed by atoms with Gasteiger partial charge < -0.3 is 10.6 Å². The highest BCUT2D eigenvalue weighted by Gasteiger charge is 2.34. The third-order valence-corrected chi connectivity index (χ3v) is 3.31. The molecule has 4 nitrogen and oxygen atoms in total. The smallest absolute Gasteiger partial charge is 0.383 e. The molecule has 0 aliphatic carbocycles. The highest BCUT2D eigenvalue weighted by Crippen LogP contribution is 2.34. The fourth-order valence-electron chi connectivity index (χ4n) is 2.15. The molecule has 0 atom stereocenters. The lowest BCUT2D eigenvalue weighted by atomic mass is 10.1. The van der Waals surface area contributed by atoms with E-state index in [4.69, 9.17) is 5.26 Å². The molecule has 1 aromatic heterocycles. The summed E-state index contributed by atoms with van der Waals surface area (Å²) in [5, 5.41) is 13.9. The predicted octanol–water partition coefficient (Wildman–Crippen LogP) is 4.51. The van der Waals surface area contributed by atoms with Crippen molar-refractivity contribution in [2.75, 3.05) is 23.7 Å².